The van der Waals surface area contributed by atoms with Crippen molar-refractivity contribution in [2.75, 3.05) is 67.7 Å². The van der Waals surface area contributed by atoms with Gasteiger partial charge in [0.05, 0.1) is 62.7 Å². The van der Waals surface area contributed by atoms with Gasteiger partial charge in [-0.15, -0.1) is 0 Å². The van der Waals surface area contributed by atoms with E-state index in [-0.39, 0.29) is 98.5 Å². The molecule has 0 bridgehead atoms. The number of carboxylic acid groups (broad SMARTS) is 1. The predicted molar refractivity (Wildman–Crippen MR) is 235 cm³/mol. The van der Waals surface area contributed by atoms with Crippen LogP contribution in [-0.2, 0) is 9.59 Å². The molecule has 6 heterocycles. The van der Waals surface area contributed by atoms with Gasteiger partial charge >= 0.3 is 51.4 Å². The number of aromatic amines is 2. The van der Waals surface area contributed by atoms with Gasteiger partial charge in [0.1, 0.15) is 28.5 Å². The number of carbonyl (C=O) groups excluding carboxylic acids is 6. The van der Waals surface area contributed by atoms with Crippen molar-refractivity contribution in [2.45, 2.75) is 25.9 Å². The Balaban J connectivity index is 0.000000203. The minimum Gasteiger partial charge on any atom is -0.541 e. The number of nitrogens with one attached hydrogen (secondary N) is 3. The van der Waals surface area contributed by atoms with Crippen molar-refractivity contribution in [1.82, 2.24) is 40.0 Å². The molecule has 2 atom stereocenters. The maximum atomic E-state index is 13.2. The van der Waals surface area contributed by atoms with Gasteiger partial charge in [-0.3, -0.25) is 24.0 Å². The Bertz CT molecular complexity index is 2690. The van der Waals surface area contributed by atoms with Crippen molar-refractivity contribution >= 4 is 57.1 Å². The molecule has 0 radical (unpaired) electrons. The Morgan fingerprint density at radius 3 is 1.53 bits per heavy atom. The van der Waals surface area contributed by atoms with Crippen molar-refractivity contribution < 1.29 is 104 Å². The minimum absolute atomic E-state index is 0. The summed E-state index contributed by atoms with van der Waals surface area (Å²) in [7, 11) is 5.75. The number of methoxy groups -OCH3 is 4. The van der Waals surface area contributed by atoms with Crippen LogP contribution in [0.4, 0.5) is 0 Å². The number of aromatic nitrogens is 4. The summed E-state index contributed by atoms with van der Waals surface area (Å²) in [4.78, 5) is 92.1. The number of piperazine rings is 2. The molecule has 0 saturated carbocycles. The number of aliphatic carboxylic acids is 1. The molecule has 6 aromatic rings. The van der Waals surface area contributed by atoms with Gasteiger partial charge in [0.15, 0.2) is 0 Å². The summed E-state index contributed by atoms with van der Waals surface area (Å²) in [5.41, 5.74) is 2.39. The summed E-state index contributed by atoms with van der Waals surface area (Å²) in [5.74, 6) is -2.96. The first-order chi connectivity index (χ1) is 31.3. The van der Waals surface area contributed by atoms with E-state index in [4.69, 9.17) is 18.9 Å². The van der Waals surface area contributed by atoms with Crippen LogP contribution in [0.15, 0.2) is 85.5 Å². The van der Waals surface area contributed by atoms with Gasteiger partial charge in [0, 0.05) is 74.9 Å². The van der Waals surface area contributed by atoms with E-state index < -0.39 is 23.4 Å². The van der Waals surface area contributed by atoms with Crippen LogP contribution in [0.5, 0.6) is 23.3 Å². The zero-order valence-electron chi connectivity index (χ0n) is 37.7. The van der Waals surface area contributed by atoms with E-state index in [1.165, 1.54) is 58.1 Å². The number of Topliss-reactive ketones (excluding diaryl/α,β-unsaturated/α-hetero) is 2. The van der Waals surface area contributed by atoms with Gasteiger partial charge in [-0.05, 0) is 38.1 Å². The number of hydrogen-bond acceptors (Lipinski definition) is 14. The molecule has 2 aliphatic heterocycles. The number of H-pyrrole nitrogens is 2. The second-order valence-electron chi connectivity index (χ2n) is 15.0. The average molecular weight is 929 g/mol. The summed E-state index contributed by atoms with van der Waals surface area (Å²) in [6.07, 6.45) is 5.53. The van der Waals surface area contributed by atoms with E-state index >= 15 is 0 Å². The number of fused-ring (bicyclic) bond motifs is 2. The van der Waals surface area contributed by atoms with E-state index in [0.29, 0.717) is 58.1 Å². The van der Waals surface area contributed by atoms with Crippen LogP contribution < -0.4 is 80.8 Å². The van der Waals surface area contributed by atoms with Crippen molar-refractivity contribution in [3.63, 3.8) is 0 Å². The van der Waals surface area contributed by atoms with Crippen molar-refractivity contribution in [3.8, 4) is 23.3 Å². The normalized spacial score (nSPS) is 15.5. The summed E-state index contributed by atoms with van der Waals surface area (Å²) < 4.78 is 20.6. The number of benzene rings is 2. The van der Waals surface area contributed by atoms with Gasteiger partial charge < -0.3 is 58.8 Å². The summed E-state index contributed by atoms with van der Waals surface area (Å²) in [6, 6.07) is 18.6. The van der Waals surface area contributed by atoms with Gasteiger partial charge in [-0.2, -0.15) is 0 Å². The third kappa shape index (κ3) is 11.3. The second kappa shape index (κ2) is 23.3. The van der Waals surface area contributed by atoms with Crippen LogP contribution in [0.2, 0.25) is 0 Å². The van der Waals surface area contributed by atoms with E-state index in [1.54, 1.807) is 17.0 Å². The molecule has 0 aliphatic carbocycles. The number of nitrogens with zero attached hydrogens (tertiary/aromatic N) is 5. The molecule has 4 aromatic heterocycles. The number of hydrogen-bond donors (Lipinski definition) is 3. The first-order valence-corrected chi connectivity index (χ1v) is 20.5. The van der Waals surface area contributed by atoms with Gasteiger partial charge in [-0.25, -0.2) is 9.97 Å². The van der Waals surface area contributed by atoms with E-state index in [9.17, 15) is 33.9 Å². The largest absolute Gasteiger partial charge is 1.00 e. The Morgan fingerprint density at radius 2 is 1.11 bits per heavy atom. The second-order valence-corrected chi connectivity index (χ2v) is 15.0. The monoisotopic (exact) mass is 928 g/mol. The number of ether oxygens (including phenoxy) is 4. The fraction of sp³-hybridized carbons (Fsp3) is 0.304. The molecular formula is C46H49KN8O11. The molecule has 2 aromatic carbocycles. The fourth-order valence-electron chi connectivity index (χ4n) is 7.61. The van der Waals surface area contributed by atoms with Crippen LogP contribution in [0.3, 0.4) is 0 Å². The van der Waals surface area contributed by atoms with E-state index in [1.807, 2.05) is 60.4 Å². The predicted octanol–water partition coefficient (Wildman–Crippen LogP) is -0.227. The summed E-state index contributed by atoms with van der Waals surface area (Å²) >= 11 is 0. The first-order valence-electron chi connectivity index (χ1n) is 20.5. The van der Waals surface area contributed by atoms with Crippen LogP contribution in [-0.4, -0.2) is 150 Å². The van der Waals surface area contributed by atoms with E-state index in [2.05, 4.69) is 32.2 Å². The number of rotatable bonds is 10. The Morgan fingerprint density at radius 1 is 0.636 bits per heavy atom. The van der Waals surface area contributed by atoms with E-state index in [0.717, 1.165) is 25.2 Å². The fourth-order valence-corrected chi connectivity index (χ4v) is 7.61. The molecule has 19 nitrogen and oxygen atoms in total. The maximum absolute atomic E-state index is 13.2. The Kier molecular flexibility index (Phi) is 18.0. The van der Waals surface area contributed by atoms with Crippen LogP contribution in [0.25, 0.3) is 21.8 Å². The number of carboxylic acids is 1. The number of ketones is 2. The van der Waals surface area contributed by atoms with Crippen LogP contribution >= 0.6 is 0 Å². The zero-order valence-corrected chi connectivity index (χ0v) is 40.8. The number of amides is 3. The molecule has 0 unspecified atom stereocenters. The molecule has 3 N–H and O–H groups in total. The van der Waals surface area contributed by atoms with Gasteiger partial charge in [0.2, 0.25) is 17.5 Å². The quantitative estimate of drug-likeness (QED) is 0.0915. The number of pyridine rings is 2. The molecule has 66 heavy (non-hydrogen) atoms. The molecule has 3 amide bonds. The molecule has 0 spiro atoms. The van der Waals surface area contributed by atoms with Gasteiger partial charge in [0.25, 0.3) is 23.5 Å². The topological polar surface area (TPSA) is 242 Å². The minimum atomic E-state index is -1.78. The molecule has 2 saturated heterocycles. The summed E-state index contributed by atoms with van der Waals surface area (Å²) in [6.45, 7) is 7.40. The van der Waals surface area contributed by atoms with Crippen LogP contribution in [0.1, 0.15) is 55.3 Å². The van der Waals surface area contributed by atoms with Crippen molar-refractivity contribution in [3.05, 3.63) is 108 Å². The summed E-state index contributed by atoms with van der Waals surface area (Å²) in [5, 5.41) is 14.7. The molecule has 8 rings (SSSR count). The Hall–Kier alpha value is -6.16. The van der Waals surface area contributed by atoms with Crippen molar-refractivity contribution in [1.29, 1.82) is 0 Å². The third-order valence-corrected chi connectivity index (χ3v) is 10.8. The number of carbonyl (C=O) groups is 6. The van der Waals surface area contributed by atoms with Crippen molar-refractivity contribution in [2.24, 2.45) is 0 Å². The standard InChI is InChI=1S/C23H24N4O5.C12H16N2O.C11H10N2O5.K/c1-14-13-26(22(29)15-7-5-4-6-8-15)9-10-27(14)23(30)20(28)16-11-24-19-18(16)17(31-2)12-25-21(19)32-3;1-10-9-14(8-7-13-10)12(15)11-5-3-2-4-6-11;1-17-6-4-13-10(18-2)8-7(6)5(3-12-8)9(14)11(15)16;/h4-8,11-12,14,24H,9-10,13H2,1-3H3;2-6,10,13H,7-9H2,1H3;3-4,12H,1-2H3,(H,15,16);/q;;;+1/p-1/t14-;10-;;/m11../s1. The van der Waals surface area contributed by atoms with Crippen LogP contribution in [0, 0.1) is 0 Å². The smallest absolute Gasteiger partial charge is 0.541 e. The zero-order chi connectivity index (χ0) is 46.8. The maximum Gasteiger partial charge on any atom is 1.00 e. The molecule has 2 fully saturated rings. The molecule has 2 aliphatic rings. The van der Waals surface area contributed by atoms with Gasteiger partial charge in [-0.1, -0.05) is 36.4 Å². The molecular weight excluding hydrogens is 880 g/mol. The first kappa shape index (κ1) is 50.8. The molecule has 20 heteroatoms. The third-order valence-electron chi connectivity index (χ3n) is 10.8. The Labute approximate surface area is 422 Å². The average Bonchev–Trinajstić information content (AvgIpc) is 4.00. The SMILES string of the molecule is COc1ncc(OC)c2c(C(=O)C(=O)N3CCN(C(=O)c4ccccc4)C[C@H]3C)c[nH]c12.COc1ncc(OC)c2c(C(=O)C(=O)[O-])c[nH]c12.C[C@@H]1CN(C(=O)c2ccccc2)CCN1.[K+]. The molecule has 340 valence electrons.